The molecular formula is C21H26N2O3S. The van der Waals surface area contributed by atoms with Gasteiger partial charge >= 0.3 is 0 Å². The number of carbonyl (C=O) groups is 1. The molecule has 1 unspecified atom stereocenters. The summed E-state index contributed by atoms with van der Waals surface area (Å²) >= 11 is 0. The van der Waals surface area contributed by atoms with Crippen LogP contribution >= 0.6 is 0 Å². The number of carbonyl (C=O) groups excluding carboxylic acids is 1. The number of rotatable bonds is 8. The van der Waals surface area contributed by atoms with Gasteiger partial charge in [0.2, 0.25) is 15.9 Å². The summed E-state index contributed by atoms with van der Waals surface area (Å²) in [5.74, 6) is 0.210. The SMILES string of the molecule is CCCc1ccc(S(=O)(=O)NC(C)c2ccc(NC(=O)C3CC3)cc2)cc1. The van der Waals surface area contributed by atoms with Crippen LogP contribution in [0.25, 0.3) is 0 Å². The van der Waals surface area contributed by atoms with Crippen molar-refractivity contribution < 1.29 is 13.2 Å². The molecule has 27 heavy (non-hydrogen) atoms. The highest BCUT2D eigenvalue weighted by molar-refractivity contribution is 7.89. The summed E-state index contributed by atoms with van der Waals surface area (Å²) in [6, 6.07) is 13.9. The van der Waals surface area contributed by atoms with Crippen LogP contribution in [0, 0.1) is 5.92 Å². The number of sulfonamides is 1. The first-order valence-electron chi connectivity index (χ1n) is 9.41. The molecule has 2 aromatic rings. The number of anilines is 1. The predicted octanol–water partition coefficient (Wildman–Crippen LogP) is 4.03. The van der Waals surface area contributed by atoms with E-state index in [2.05, 4.69) is 17.0 Å². The lowest BCUT2D eigenvalue weighted by Gasteiger charge is -2.15. The van der Waals surface area contributed by atoms with Crippen molar-refractivity contribution in [3.8, 4) is 0 Å². The molecule has 1 saturated carbocycles. The molecular weight excluding hydrogens is 360 g/mol. The van der Waals surface area contributed by atoms with Crippen LogP contribution in [0.5, 0.6) is 0 Å². The van der Waals surface area contributed by atoms with Gasteiger partial charge in [0.15, 0.2) is 0 Å². The lowest BCUT2D eigenvalue weighted by Crippen LogP contribution is -2.26. The zero-order valence-electron chi connectivity index (χ0n) is 15.7. The number of hydrogen-bond donors (Lipinski definition) is 2. The highest BCUT2D eigenvalue weighted by Crippen LogP contribution is 2.30. The Kier molecular flexibility index (Phi) is 5.97. The Labute approximate surface area is 161 Å². The Morgan fingerprint density at radius 3 is 2.26 bits per heavy atom. The Hall–Kier alpha value is -2.18. The topological polar surface area (TPSA) is 75.3 Å². The molecule has 0 aromatic heterocycles. The zero-order chi connectivity index (χ0) is 19.4. The number of hydrogen-bond acceptors (Lipinski definition) is 3. The number of nitrogens with one attached hydrogen (secondary N) is 2. The molecule has 1 fully saturated rings. The van der Waals surface area contributed by atoms with Crippen LogP contribution in [0.2, 0.25) is 0 Å². The van der Waals surface area contributed by atoms with Crippen molar-refractivity contribution in [2.75, 3.05) is 5.32 Å². The molecule has 2 N–H and O–H groups in total. The van der Waals surface area contributed by atoms with E-state index in [1.165, 1.54) is 0 Å². The van der Waals surface area contributed by atoms with E-state index in [0.717, 1.165) is 42.5 Å². The van der Waals surface area contributed by atoms with Crippen LogP contribution in [0.4, 0.5) is 5.69 Å². The quantitative estimate of drug-likeness (QED) is 0.719. The molecule has 2 aromatic carbocycles. The monoisotopic (exact) mass is 386 g/mol. The van der Waals surface area contributed by atoms with Gasteiger partial charge in [-0.05, 0) is 61.6 Å². The van der Waals surface area contributed by atoms with Crippen LogP contribution < -0.4 is 10.0 Å². The van der Waals surface area contributed by atoms with Crippen molar-refractivity contribution >= 4 is 21.6 Å². The number of benzene rings is 2. The van der Waals surface area contributed by atoms with Crippen molar-refractivity contribution in [2.45, 2.75) is 50.5 Å². The van der Waals surface area contributed by atoms with E-state index in [-0.39, 0.29) is 22.8 Å². The zero-order valence-corrected chi connectivity index (χ0v) is 16.6. The molecule has 5 nitrogen and oxygen atoms in total. The van der Waals surface area contributed by atoms with Gasteiger partial charge in [0, 0.05) is 17.6 Å². The fourth-order valence-electron chi connectivity index (χ4n) is 2.94. The number of amides is 1. The summed E-state index contributed by atoms with van der Waals surface area (Å²) in [5.41, 5.74) is 2.70. The first-order valence-corrected chi connectivity index (χ1v) is 10.9. The van der Waals surface area contributed by atoms with E-state index in [4.69, 9.17) is 0 Å². The fraction of sp³-hybridized carbons (Fsp3) is 0.381. The lowest BCUT2D eigenvalue weighted by molar-refractivity contribution is -0.117. The van der Waals surface area contributed by atoms with Gasteiger partial charge in [0.25, 0.3) is 0 Å². The molecule has 144 valence electrons. The number of aryl methyl sites for hydroxylation is 1. The van der Waals surface area contributed by atoms with Crippen LogP contribution in [0.1, 0.15) is 50.3 Å². The molecule has 1 aliphatic rings. The molecule has 0 bridgehead atoms. The molecule has 0 spiro atoms. The third kappa shape index (κ3) is 5.17. The summed E-state index contributed by atoms with van der Waals surface area (Å²) in [4.78, 5) is 12.1. The van der Waals surface area contributed by atoms with Gasteiger partial charge in [-0.25, -0.2) is 13.1 Å². The third-order valence-electron chi connectivity index (χ3n) is 4.73. The minimum atomic E-state index is -3.59. The van der Waals surface area contributed by atoms with E-state index in [1.807, 2.05) is 24.3 Å². The Morgan fingerprint density at radius 1 is 1.07 bits per heavy atom. The van der Waals surface area contributed by atoms with Gasteiger partial charge in [-0.1, -0.05) is 37.6 Å². The summed E-state index contributed by atoms with van der Waals surface area (Å²) in [7, 11) is -3.59. The molecule has 0 saturated heterocycles. The lowest BCUT2D eigenvalue weighted by atomic mass is 10.1. The van der Waals surface area contributed by atoms with E-state index in [9.17, 15) is 13.2 Å². The maximum atomic E-state index is 12.6. The van der Waals surface area contributed by atoms with Gasteiger partial charge in [-0.3, -0.25) is 4.79 Å². The normalized spacial score (nSPS) is 15.3. The van der Waals surface area contributed by atoms with Gasteiger partial charge in [0.05, 0.1) is 4.90 Å². The van der Waals surface area contributed by atoms with Gasteiger partial charge in [-0.2, -0.15) is 0 Å². The van der Waals surface area contributed by atoms with Crippen LogP contribution in [0.3, 0.4) is 0 Å². The molecule has 1 amide bonds. The van der Waals surface area contributed by atoms with Gasteiger partial charge < -0.3 is 5.32 Å². The average Bonchev–Trinajstić information content (AvgIpc) is 3.48. The molecule has 6 heteroatoms. The van der Waals surface area contributed by atoms with Crippen LogP contribution in [-0.2, 0) is 21.2 Å². The van der Waals surface area contributed by atoms with E-state index in [1.54, 1.807) is 31.2 Å². The Balaban J connectivity index is 1.64. The smallest absolute Gasteiger partial charge is 0.241 e. The second-order valence-corrected chi connectivity index (χ2v) is 8.84. The van der Waals surface area contributed by atoms with Crippen molar-refractivity contribution in [3.05, 3.63) is 59.7 Å². The molecule has 3 rings (SSSR count). The van der Waals surface area contributed by atoms with Crippen LogP contribution in [-0.4, -0.2) is 14.3 Å². The third-order valence-corrected chi connectivity index (χ3v) is 6.29. The minimum absolute atomic E-state index is 0.0584. The first-order chi connectivity index (χ1) is 12.9. The summed E-state index contributed by atoms with van der Waals surface area (Å²) in [6.45, 7) is 3.90. The minimum Gasteiger partial charge on any atom is -0.326 e. The van der Waals surface area contributed by atoms with Crippen molar-refractivity contribution in [1.82, 2.24) is 4.72 Å². The highest BCUT2D eigenvalue weighted by Gasteiger charge is 2.29. The largest absolute Gasteiger partial charge is 0.326 e. The molecule has 0 radical (unpaired) electrons. The second-order valence-electron chi connectivity index (χ2n) is 7.12. The van der Waals surface area contributed by atoms with Gasteiger partial charge in [-0.15, -0.1) is 0 Å². The summed E-state index contributed by atoms with van der Waals surface area (Å²) in [6.07, 6.45) is 3.89. The molecule has 1 atom stereocenters. The van der Waals surface area contributed by atoms with Crippen molar-refractivity contribution in [2.24, 2.45) is 5.92 Å². The Morgan fingerprint density at radius 2 is 1.70 bits per heavy atom. The summed E-state index contributed by atoms with van der Waals surface area (Å²) < 4.78 is 27.9. The average molecular weight is 387 g/mol. The maximum Gasteiger partial charge on any atom is 0.241 e. The fourth-order valence-corrected chi connectivity index (χ4v) is 4.17. The van der Waals surface area contributed by atoms with Gasteiger partial charge in [0.1, 0.15) is 0 Å². The van der Waals surface area contributed by atoms with Crippen molar-refractivity contribution in [1.29, 1.82) is 0 Å². The molecule has 0 heterocycles. The summed E-state index contributed by atoms with van der Waals surface area (Å²) in [5, 5.41) is 2.88. The standard InChI is InChI=1S/C21H26N2O3S/c1-3-4-16-5-13-20(14-6-16)27(25,26)23-15(2)17-9-11-19(12-10-17)22-21(24)18-7-8-18/h5-6,9-15,18,23H,3-4,7-8H2,1-2H3,(H,22,24). The highest BCUT2D eigenvalue weighted by atomic mass is 32.2. The van der Waals surface area contributed by atoms with Crippen LogP contribution in [0.15, 0.2) is 53.4 Å². The molecule has 1 aliphatic carbocycles. The van der Waals surface area contributed by atoms with E-state index in [0.29, 0.717) is 0 Å². The maximum absolute atomic E-state index is 12.6. The Bertz CT molecular complexity index is 886. The van der Waals surface area contributed by atoms with E-state index < -0.39 is 10.0 Å². The first kappa shape index (κ1) is 19.6. The van der Waals surface area contributed by atoms with E-state index >= 15 is 0 Å². The van der Waals surface area contributed by atoms with Crippen molar-refractivity contribution in [3.63, 3.8) is 0 Å². The molecule has 0 aliphatic heterocycles. The predicted molar refractivity (Wildman–Crippen MR) is 107 cm³/mol. The second kappa shape index (κ2) is 8.23.